The fourth-order valence-electron chi connectivity index (χ4n) is 5.94. The zero-order valence-electron chi connectivity index (χ0n) is 28.7. The average Bonchev–Trinajstić information content (AvgIpc) is 3.11. The minimum absolute atomic E-state index is 0.0356. The van der Waals surface area contributed by atoms with E-state index in [9.17, 15) is 30.6 Å². The van der Waals surface area contributed by atoms with E-state index < -0.39 is 34.5 Å². The first-order chi connectivity index (χ1) is 24.1. The summed E-state index contributed by atoms with van der Waals surface area (Å²) in [6.07, 6.45) is 2.71. The molecule has 0 saturated carbocycles. The van der Waals surface area contributed by atoms with Crippen molar-refractivity contribution >= 4 is 0 Å². The number of phenolic OH excluding ortho intramolecular Hbond substituents is 6. The molecule has 12 heteroatoms. The third-order valence-electron chi connectivity index (χ3n) is 8.55. The fourth-order valence-corrected chi connectivity index (χ4v) is 5.94. The maximum Gasteiger partial charge on any atom is 0.200 e. The predicted molar refractivity (Wildman–Crippen MR) is 185 cm³/mol. The number of methoxy groups -OCH3 is 4. The lowest BCUT2D eigenvalue weighted by Crippen LogP contribution is -2.25. The molecule has 0 aromatic heterocycles. The van der Waals surface area contributed by atoms with E-state index in [1.54, 1.807) is 28.4 Å². The van der Waals surface area contributed by atoms with E-state index in [-0.39, 0.29) is 25.0 Å². The van der Waals surface area contributed by atoms with Gasteiger partial charge in [-0.25, -0.2) is 0 Å². The molecule has 6 N–H and O–H groups in total. The number of aromatic hydroxyl groups is 6. The second-order valence-electron chi connectivity index (χ2n) is 12.0. The van der Waals surface area contributed by atoms with Gasteiger partial charge < -0.3 is 59.1 Å². The Labute approximate surface area is 291 Å². The molecular weight excluding hydrogens is 648 g/mol. The summed E-state index contributed by atoms with van der Waals surface area (Å²) in [4.78, 5) is 0. The summed E-state index contributed by atoms with van der Waals surface area (Å²) in [6, 6.07) is 17.0. The van der Waals surface area contributed by atoms with E-state index in [0.717, 1.165) is 17.5 Å². The van der Waals surface area contributed by atoms with Crippen LogP contribution in [0.1, 0.15) is 35.1 Å². The van der Waals surface area contributed by atoms with E-state index in [4.69, 9.17) is 28.4 Å². The summed E-state index contributed by atoms with van der Waals surface area (Å²) >= 11 is 0. The van der Waals surface area contributed by atoms with Crippen molar-refractivity contribution in [3.63, 3.8) is 0 Å². The van der Waals surface area contributed by atoms with Gasteiger partial charge in [-0.3, -0.25) is 0 Å². The van der Waals surface area contributed by atoms with Crippen molar-refractivity contribution in [1.82, 2.24) is 0 Å². The Kier molecular flexibility index (Phi) is 13.5. The van der Waals surface area contributed by atoms with Gasteiger partial charge in [-0.05, 0) is 108 Å². The Bertz CT molecular complexity index is 1660. The fraction of sp³-hybridized carbons (Fsp3) is 0.368. The highest BCUT2D eigenvalue weighted by Crippen LogP contribution is 2.38. The lowest BCUT2D eigenvalue weighted by Gasteiger charge is -2.28. The van der Waals surface area contributed by atoms with Gasteiger partial charge >= 0.3 is 0 Å². The second-order valence-corrected chi connectivity index (χ2v) is 12.0. The standard InChI is InChI=1S/C38H46O12/c1-45-33-9-7-23(18-35(33)47-3)12-27(6-5-11-49-20-25-14-29(39)37(43)30(40)15-25)28(13-24-8-10-34(46-2)36(19-24)48-4)22-50-21-26-16-31(41)38(44)32(42)17-26/h7-10,14-19,27-28,39-44H,5-6,11-13,20-22H2,1-4H3/t27-,28+/m0/s1. The van der Waals surface area contributed by atoms with Crippen LogP contribution in [0.2, 0.25) is 0 Å². The third-order valence-corrected chi connectivity index (χ3v) is 8.55. The van der Waals surface area contributed by atoms with E-state index in [0.29, 0.717) is 66.6 Å². The van der Waals surface area contributed by atoms with Crippen molar-refractivity contribution in [1.29, 1.82) is 0 Å². The predicted octanol–water partition coefficient (Wildman–Crippen LogP) is 6.19. The molecule has 0 amide bonds. The van der Waals surface area contributed by atoms with Gasteiger partial charge in [0.2, 0.25) is 0 Å². The Morgan fingerprint density at radius 1 is 0.480 bits per heavy atom. The van der Waals surface area contributed by atoms with E-state index in [1.165, 1.54) is 24.3 Å². The highest BCUT2D eigenvalue weighted by atomic mass is 16.5. The molecule has 4 aromatic carbocycles. The van der Waals surface area contributed by atoms with Gasteiger partial charge in [0.25, 0.3) is 0 Å². The molecule has 4 aromatic rings. The number of phenols is 6. The minimum atomic E-state index is -0.587. The molecule has 0 saturated heterocycles. The van der Waals surface area contributed by atoms with E-state index in [2.05, 4.69) is 0 Å². The third kappa shape index (κ3) is 9.93. The highest BCUT2D eigenvalue weighted by Gasteiger charge is 2.25. The first kappa shape index (κ1) is 37.6. The smallest absolute Gasteiger partial charge is 0.200 e. The van der Waals surface area contributed by atoms with Crippen LogP contribution >= 0.6 is 0 Å². The summed E-state index contributed by atoms with van der Waals surface area (Å²) in [5, 5.41) is 59.1. The van der Waals surface area contributed by atoms with Gasteiger partial charge in [0.05, 0.1) is 48.3 Å². The molecule has 0 aliphatic rings. The van der Waals surface area contributed by atoms with Crippen LogP contribution in [0.25, 0.3) is 0 Å². The summed E-state index contributed by atoms with van der Waals surface area (Å²) in [6.45, 7) is 0.928. The molecule has 0 radical (unpaired) electrons. The summed E-state index contributed by atoms with van der Waals surface area (Å²) in [5.41, 5.74) is 3.07. The van der Waals surface area contributed by atoms with E-state index >= 15 is 0 Å². The lowest BCUT2D eigenvalue weighted by molar-refractivity contribution is 0.0578. The molecule has 0 heterocycles. The maximum atomic E-state index is 10.0. The minimum Gasteiger partial charge on any atom is -0.504 e. The van der Waals surface area contributed by atoms with Gasteiger partial charge in [0.1, 0.15) is 0 Å². The first-order valence-corrected chi connectivity index (χ1v) is 16.1. The molecule has 0 spiro atoms. The van der Waals surface area contributed by atoms with Crippen molar-refractivity contribution in [3.8, 4) is 57.5 Å². The van der Waals surface area contributed by atoms with Gasteiger partial charge in [0, 0.05) is 6.61 Å². The van der Waals surface area contributed by atoms with Gasteiger partial charge in [-0.15, -0.1) is 0 Å². The van der Waals surface area contributed by atoms with Crippen LogP contribution in [0.15, 0.2) is 60.7 Å². The largest absolute Gasteiger partial charge is 0.504 e. The SMILES string of the molecule is COc1ccc(C[C@H](CCCOCc2cc(O)c(O)c(O)c2)[C@@H](COCc2cc(O)c(O)c(O)c2)Cc2ccc(OC)c(OC)c2)cc1OC. The van der Waals surface area contributed by atoms with Gasteiger partial charge in [-0.2, -0.15) is 0 Å². The van der Waals surface area contributed by atoms with Crippen LogP contribution in [0.4, 0.5) is 0 Å². The molecule has 0 aliphatic carbocycles. The Morgan fingerprint density at radius 3 is 1.34 bits per heavy atom. The number of hydrogen-bond acceptors (Lipinski definition) is 12. The van der Waals surface area contributed by atoms with Crippen LogP contribution in [-0.4, -0.2) is 72.3 Å². The molecule has 50 heavy (non-hydrogen) atoms. The van der Waals surface area contributed by atoms with Crippen molar-refractivity contribution in [2.75, 3.05) is 41.7 Å². The lowest BCUT2D eigenvalue weighted by atomic mass is 9.80. The molecule has 0 aliphatic heterocycles. The quantitative estimate of drug-likeness (QED) is 0.0486. The molecule has 12 nitrogen and oxygen atoms in total. The van der Waals surface area contributed by atoms with E-state index in [1.807, 2.05) is 36.4 Å². The molecule has 0 unspecified atom stereocenters. The number of benzene rings is 4. The monoisotopic (exact) mass is 694 g/mol. The molecule has 4 rings (SSSR count). The van der Waals surface area contributed by atoms with Crippen LogP contribution < -0.4 is 18.9 Å². The van der Waals surface area contributed by atoms with Crippen LogP contribution in [0.5, 0.6) is 57.5 Å². The van der Waals surface area contributed by atoms with Crippen LogP contribution in [-0.2, 0) is 35.5 Å². The van der Waals surface area contributed by atoms with Crippen LogP contribution in [0, 0.1) is 11.8 Å². The average molecular weight is 695 g/mol. The topological polar surface area (TPSA) is 177 Å². The first-order valence-electron chi connectivity index (χ1n) is 16.1. The zero-order valence-corrected chi connectivity index (χ0v) is 28.7. The molecule has 270 valence electrons. The molecule has 0 bridgehead atoms. The summed E-state index contributed by atoms with van der Waals surface area (Å²) in [5.74, 6) is -0.386. The van der Waals surface area contributed by atoms with Crippen molar-refractivity contribution in [2.24, 2.45) is 11.8 Å². The van der Waals surface area contributed by atoms with Crippen molar-refractivity contribution in [3.05, 3.63) is 82.9 Å². The van der Waals surface area contributed by atoms with Gasteiger partial charge in [0.15, 0.2) is 57.5 Å². The molecule has 0 fully saturated rings. The molecule has 2 atom stereocenters. The number of hydrogen-bond donors (Lipinski definition) is 6. The number of rotatable bonds is 19. The Hall–Kier alpha value is -5.20. The Morgan fingerprint density at radius 2 is 0.900 bits per heavy atom. The van der Waals surface area contributed by atoms with Gasteiger partial charge in [-0.1, -0.05) is 12.1 Å². The number of ether oxygens (including phenoxy) is 6. The van der Waals surface area contributed by atoms with Crippen molar-refractivity contribution in [2.45, 2.75) is 38.9 Å². The second kappa shape index (κ2) is 18.0. The highest BCUT2D eigenvalue weighted by molar-refractivity contribution is 5.52. The zero-order chi connectivity index (χ0) is 36.2. The van der Waals surface area contributed by atoms with Crippen LogP contribution in [0.3, 0.4) is 0 Å². The van der Waals surface area contributed by atoms with Crippen molar-refractivity contribution < 1.29 is 59.1 Å². The summed E-state index contributed by atoms with van der Waals surface area (Å²) < 4.78 is 34.2. The normalized spacial score (nSPS) is 12.3. The summed E-state index contributed by atoms with van der Waals surface area (Å²) in [7, 11) is 6.36. The Balaban J connectivity index is 1.58. The maximum absolute atomic E-state index is 10.0. The molecular formula is C38H46O12.